The lowest BCUT2D eigenvalue weighted by Gasteiger charge is -2.27. The second kappa shape index (κ2) is 6.10. The molecule has 0 aromatic carbocycles. The monoisotopic (exact) mass is 331 g/mol. The standard InChI is InChI=1S/C16H21N5O3/c1-9-11(10(2)20(3)19-9)4-5-14(22)21-7-6-13-12(8-21)15(16(23)24)18-17-13/h4-8H2,1-3H3,(H,17,18)(H,23,24). The van der Waals surface area contributed by atoms with Crippen molar-refractivity contribution >= 4 is 11.9 Å². The van der Waals surface area contributed by atoms with E-state index in [-0.39, 0.29) is 11.6 Å². The Hall–Kier alpha value is -2.64. The maximum absolute atomic E-state index is 12.5. The van der Waals surface area contributed by atoms with Crippen molar-refractivity contribution in [1.29, 1.82) is 0 Å². The van der Waals surface area contributed by atoms with Crippen LogP contribution in [0.1, 0.15) is 45.1 Å². The lowest BCUT2D eigenvalue weighted by atomic mass is 10.0. The van der Waals surface area contributed by atoms with Gasteiger partial charge < -0.3 is 10.0 Å². The van der Waals surface area contributed by atoms with E-state index in [1.54, 1.807) is 4.90 Å². The Balaban J connectivity index is 1.68. The highest BCUT2D eigenvalue weighted by Gasteiger charge is 2.27. The molecule has 8 nitrogen and oxygen atoms in total. The summed E-state index contributed by atoms with van der Waals surface area (Å²) in [6, 6.07) is 0. The number of hydrogen-bond acceptors (Lipinski definition) is 4. The molecule has 0 spiro atoms. The quantitative estimate of drug-likeness (QED) is 0.869. The second-order valence-corrected chi connectivity index (χ2v) is 6.17. The Morgan fingerprint density at radius 1 is 1.33 bits per heavy atom. The average molecular weight is 331 g/mol. The molecule has 3 heterocycles. The Kier molecular flexibility index (Phi) is 4.13. The zero-order chi connectivity index (χ0) is 17.4. The maximum Gasteiger partial charge on any atom is 0.356 e. The largest absolute Gasteiger partial charge is 0.476 e. The minimum Gasteiger partial charge on any atom is -0.476 e. The summed E-state index contributed by atoms with van der Waals surface area (Å²) in [4.78, 5) is 25.5. The first-order valence-electron chi connectivity index (χ1n) is 7.94. The van der Waals surface area contributed by atoms with E-state index in [2.05, 4.69) is 15.3 Å². The van der Waals surface area contributed by atoms with Crippen LogP contribution in [0, 0.1) is 13.8 Å². The van der Waals surface area contributed by atoms with Crippen LogP contribution in [0.3, 0.4) is 0 Å². The molecule has 3 rings (SSSR count). The van der Waals surface area contributed by atoms with E-state index in [1.807, 2.05) is 25.6 Å². The molecule has 0 atom stereocenters. The van der Waals surface area contributed by atoms with Crippen LogP contribution in [0.15, 0.2) is 0 Å². The number of nitrogens with zero attached hydrogens (tertiary/aromatic N) is 4. The topological polar surface area (TPSA) is 104 Å². The van der Waals surface area contributed by atoms with Crippen molar-refractivity contribution < 1.29 is 14.7 Å². The summed E-state index contributed by atoms with van der Waals surface area (Å²) in [6.07, 6.45) is 1.64. The number of nitrogens with one attached hydrogen (secondary N) is 1. The fourth-order valence-electron chi connectivity index (χ4n) is 3.25. The van der Waals surface area contributed by atoms with E-state index in [9.17, 15) is 14.7 Å². The van der Waals surface area contributed by atoms with Crippen molar-refractivity contribution in [2.45, 2.75) is 39.7 Å². The van der Waals surface area contributed by atoms with E-state index < -0.39 is 5.97 Å². The molecule has 2 aromatic heterocycles. The molecule has 0 bridgehead atoms. The summed E-state index contributed by atoms with van der Waals surface area (Å²) in [7, 11) is 1.89. The Bertz CT molecular complexity index is 805. The fraction of sp³-hybridized carbons (Fsp3) is 0.500. The summed E-state index contributed by atoms with van der Waals surface area (Å²) in [5.74, 6) is -1.04. The van der Waals surface area contributed by atoms with Crippen molar-refractivity contribution in [3.05, 3.63) is 33.9 Å². The molecule has 1 amide bonds. The predicted molar refractivity (Wildman–Crippen MR) is 85.7 cm³/mol. The molecule has 0 unspecified atom stereocenters. The van der Waals surface area contributed by atoms with Crippen LogP contribution in [0.5, 0.6) is 0 Å². The molecule has 0 aliphatic carbocycles. The Morgan fingerprint density at radius 3 is 2.71 bits per heavy atom. The highest BCUT2D eigenvalue weighted by atomic mass is 16.4. The van der Waals surface area contributed by atoms with Crippen LogP contribution in [0.25, 0.3) is 0 Å². The van der Waals surface area contributed by atoms with Gasteiger partial charge in [-0.05, 0) is 25.8 Å². The Labute approximate surface area is 139 Å². The third-order valence-corrected chi connectivity index (χ3v) is 4.74. The lowest BCUT2D eigenvalue weighted by molar-refractivity contribution is -0.132. The maximum atomic E-state index is 12.5. The minimum absolute atomic E-state index is 0.0152. The van der Waals surface area contributed by atoms with E-state index in [0.717, 1.165) is 22.6 Å². The SMILES string of the molecule is Cc1nn(C)c(C)c1CCC(=O)N1CCc2[nH]nc(C(=O)O)c2C1. The molecular formula is C16H21N5O3. The van der Waals surface area contributed by atoms with Gasteiger partial charge in [0.25, 0.3) is 0 Å². The smallest absolute Gasteiger partial charge is 0.356 e. The van der Waals surface area contributed by atoms with Crippen LogP contribution in [-0.4, -0.2) is 48.4 Å². The molecule has 8 heteroatoms. The number of aryl methyl sites for hydroxylation is 2. The van der Waals surface area contributed by atoms with E-state index in [1.165, 1.54) is 0 Å². The molecule has 0 saturated heterocycles. The zero-order valence-corrected chi connectivity index (χ0v) is 14.1. The average Bonchev–Trinajstić information content (AvgIpc) is 3.06. The number of carboxylic acids is 1. The number of carbonyl (C=O) groups excluding carboxylic acids is 1. The van der Waals surface area contributed by atoms with Crippen LogP contribution in [0.2, 0.25) is 0 Å². The van der Waals surface area contributed by atoms with Gasteiger partial charge in [-0.1, -0.05) is 0 Å². The van der Waals surface area contributed by atoms with Crippen molar-refractivity contribution in [1.82, 2.24) is 24.9 Å². The van der Waals surface area contributed by atoms with Gasteiger partial charge >= 0.3 is 5.97 Å². The van der Waals surface area contributed by atoms with Crippen molar-refractivity contribution in [3.63, 3.8) is 0 Å². The molecule has 2 N–H and O–H groups in total. The van der Waals surface area contributed by atoms with Crippen LogP contribution < -0.4 is 0 Å². The molecule has 0 fully saturated rings. The number of carbonyl (C=O) groups is 2. The third kappa shape index (κ3) is 2.79. The molecule has 2 aromatic rings. The van der Waals surface area contributed by atoms with E-state index >= 15 is 0 Å². The number of rotatable bonds is 4. The van der Waals surface area contributed by atoms with Gasteiger partial charge in [-0.25, -0.2) is 4.79 Å². The van der Waals surface area contributed by atoms with Crippen LogP contribution >= 0.6 is 0 Å². The third-order valence-electron chi connectivity index (χ3n) is 4.74. The van der Waals surface area contributed by atoms with Crippen molar-refractivity contribution in [3.8, 4) is 0 Å². The highest BCUT2D eigenvalue weighted by Crippen LogP contribution is 2.22. The van der Waals surface area contributed by atoms with Gasteiger partial charge in [0.1, 0.15) is 0 Å². The molecule has 0 saturated carbocycles. The predicted octanol–water partition coefficient (Wildman–Crippen LogP) is 0.976. The Morgan fingerprint density at radius 2 is 2.08 bits per heavy atom. The first kappa shape index (κ1) is 16.2. The molecule has 1 aliphatic rings. The summed E-state index contributed by atoms with van der Waals surface area (Å²) < 4.78 is 1.83. The van der Waals surface area contributed by atoms with Gasteiger partial charge in [0.05, 0.1) is 5.69 Å². The number of amides is 1. The molecule has 128 valence electrons. The van der Waals surface area contributed by atoms with Crippen molar-refractivity contribution in [2.24, 2.45) is 7.05 Å². The van der Waals surface area contributed by atoms with Gasteiger partial charge in [0.2, 0.25) is 5.91 Å². The van der Waals surface area contributed by atoms with E-state index in [4.69, 9.17) is 0 Å². The first-order chi connectivity index (χ1) is 11.4. The molecular weight excluding hydrogens is 310 g/mol. The number of hydrogen-bond donors (Lipinski definition) is 2. The second-order valence-electron chi connectivity index (χ2n) is 6.17. The normalized spacial score (nSPS) is 13.9. The van der Waals surface area contributed by atoms with Gasteiger partial charge in [-0.2, -0.15) is 10.2 Å². The van der Waals surface area contributed by atoms with Gasteiger partial charge in [0, 0.05) is 49.9 Å². The molecule has 0 radical (unpaired) electrons. The number of aromatic carboxylic acids is 1. The van der Waals surface area contributed by atoms with Crippen LogP contribution in [0.4, 0.5) is 0 Å². The fourth-order valence-corrected chi connectivity index (χ4v) is 3.25. The number of aromatic nitrogens is 4. The molecule has 1 aliphatic heterocycles. The van der Waals surface area contributed by atoms with Crippen LogP contribution in [-0.2, 0) is 31.2 Å². The van der Waals surface area contributed by atoms with Gasteiger partial charge in [0.15, 0.2) is 5.69 Å². The number of H-pyrrole nitrogens is 1. The van der Waals surface area contributed by atoms with E-state index in [0.29, 0.717) is 37.9 Å². The number of carboxylic acid groups (broad SMARTS) is 1. The summed E-state index contributed by atoms with van der Waals surface area (Å²) >= 11 is 0. The van der Waals surface area contributed by atoms with Gasteiger partial charge in [-0.15, -0.1) is 0 Å². The number of fused-ring (bicyclic) bond motifs is 1. The summed E-state index contributed by atoms with van der Waals surface area (Å²) in [5.41, 5.74) is 4.58. The number of aromatic amines is 1. The summed E-state index contributed by atoms with van der Waals surface area (Å²) in [5, 5.41) is 20.1. The van der Waals surface area contributed by atoms with Gasteiger partial charge in [-0.3, -0.25) is 14.6 Å². The lowest BCUT2D eigenvalue weighted by Crippen LogP contribution is -2.36. The minimum atomic E-state index is -1.07. The first-order valence-corrected chi connectivity index (χ1v) is 7.94. The summed E-state index contributed by atoms with van der Waals surface area (Å²) in [6.45, 7) is 4.83. The highest BCUT2D eigenvalue weighted by molar-refractivity contribution is 5.87. The zero-order valence-electron chi connectivity index (χ0n) is 14.1. The molecule has 24 heavy (non-hydrogen) atoms. The van der Waals surface area contributed by atoms with Crippen molar-refractivity contribution in [2.75, 3.05) is 6.54 Å².